The second-order valence-corrected chi connectivity index (χ2v) is 5.79. The minimum Gasteiger partial charge on any atom is -0.389 e. The highest BCUT2D eigenvalue weighted by Crippen LogP contribution is 2.20. The highest BCUT2D eigenvalue weighted by molar-refractivity contribution is 8.00. The first kappa shape index (κ1) is 15.2. The van der Waals surface area contributed by atoms with Crippen molar-refractivity contribution < 1.29 is 14.6 Å². The van der Waals surface area contributed by atoms with E-state index in [0.717, 1.165) is 24.9 Å². The Kier molecular flexibility index (Phi) is 8.22. The number of β-amino-alcohol motifs (C(OH)–C–C–N with tert-alkyl or cyclic N) is 1. The lowest BCUT2D eigenvalue weighted by molar-refractivity contribution is -0.000132. The predicted molar refractivity (Wildman–Crippen MR) is 71.7 cm³/mol. The SMILES string of the molecule is CCC1CN(CC(O)COCCOC)CCS1. The lowest BCUT2D eigenvalue weighted by Gasteiger charge is -2.33. The van der Waals surface area contributed by atoms with Crippen LogP contribution in [0.25, 0.3) is 0 Å². The summed E-state index contributed by atoms with van der Waals surface area (Å²) in [6.45, 7) is 6.68. The van der Waals surface area contributed by atoms with E-state index in [1.165, 1.54) is 12.2 Å². The van der Waals surface area contributed by atoms with Crippen LogP contribution in [0.1, 0.15) is 13.3 Å². The number of hydrogen-bond acceptors (Lipinski definition) is 5. The Hall–Kier alpha value is 0.190. The van der Waals surface area contributed by atoms with E-state index >= 15 is 0 Å². The van der Waals surface area contributed by atoms with Crippen LogP contribution in [0.5, 0.6) is 0 Å². The fourth-order valence-electron chi connectivity index (χ4n) is 1.91. The fourth-order valence-corrected chi connectivity index (χ4v) is 3.15. The van der Waals surface area contributed by atoms with Crippen molar-refractivity contribution in [3.63, 3.8) is 0 Å². The van der Waals surface area contributed by atoms with E-state index in [9.17, 15) is 5.11 Å². The minimum atomic E-state index is -0.382. The Labute approximate surface area is 109 Å². The molecule has 2 atom stereocenters. The fraction of sp³-hybridized carbons (Fsp3) is 1.00. The molecule has 1 saturated heterocycles. The summed E-state index contributed by atoms with van der Waals surface area (Å²) in [6, 6.07) is 0. The number of hydrogen-bond donors (Lipinski definition) is 1. The number of aliphatic hydroxyl groups excluding tert-OH is 1. The molecule has 17 heavy (non-hydrogen) atoms. The molecule has 0 aromatic rings. The molecule has 0 aromatic carbocycles. The third kappa shape index (κ3) is 6.62. The zero-order valence-electron chi connectivity index (χ0n) is 10.9. The highest BCUT2D eigenvalue weighted by atomic mass is 32.2. The molecule has 4 nitrogen and oxygen atoms in total. The summed E-state index contributed by atoms with van der Waals surface area (Å²) in [6.07, 6.45) is 0.828. The summed E-state index contributed by atoms with van der Waals surface area (Å²) in [5, 5.41) is 10.6. The van der Waals surface area contributed by atoms with E-state index in [1.807, 2.05) is 11.8 Å². The molecule has 2 unspecified atom stereocenters. The molecule has 5 heteroatoms. The van der Waals surface area contributed by atoms with Gasteiger partial charge in [-0.05, 0) is 6.42 Å². The first-order valence-corrected chi connectivity index (χ1v) is 7.39. The van der Waals surface area contributed by atoms with Gasteiger partial charge in [0.2, 0.25) is 0 Å². The molecule has 0 aliphatic carbocycles. The first-order chi connectivity index (χ1) is 8.26. The lowest BCUT2D eigenvalue weighted by Crippen LogP contribution is -2.43. The second-order valence-electron chi connectivity index (χ2n) is 4.38. The maximum Gasteiger partial charge on any atom is 0.0900 e. The standard InChI is InChI=1S/C12H25NO3S/c1-3-12-9-13(4-7-17-12)8-11(14)10-16-6-5-15-2/h11-12,14H,3-10H2,1-2H3. The summed E-state index contributed by atoms with van der Waals surface area (Å²) >= 11 is 2.05. The quantitative estimate of drug-likeness (QED) is 0.657. The topological polar surface area (TPSA) is 41.9 Å². The maximum atomic E-state index is 9.85. The summed E-state index contributed by atoms with van der Waals surface area (Å²) in [4.78, 5) is 2.34. The van der Waals surface area contributed by atoms with E-state index < -0.39 is 0 Å². The molecule has 0 amide bonds. The summed E-state index contributed by atoms with van der Waals surface area (Å²) in [7, 11) is 1.65. The summed E-state index contributed by atoms with van der Waals surface area (Å²) in [5.41, 5.74) is 0. The van der Waals surface area contributed by atoms with Gasteiger partial charge < -0.3 is 14.6 Å². The molecular formula is C12H25NO3S. The van der Waals surface area contributed by atoms with Crippen molar-refractivity contribution in [1.29, 1.82) is 0 Å². The van der Waals surface area contributed by atoms with Crippen LogP contribution in [-0.4, -0.2) is 73.7 Å². The molecule has 1 rings (SSSR count). The number of aliphatic hydroxyl groups is 1. The lowest BCUT2D eigenvalue weighted by atomic mass is 10.2. The van der Waals surface area contributed by atoms with Crippen molar-refractivity contribution in [2.24, 2.45) is 0 Å². The molecule has 0 spiro atoms. The van der Waals surface area contributed by atoms with E-state index in [2.05, 4.69) is 11.8 Å². The molecule has 1 N–H and O–H groups in total. The molecule has 1 aliphatic heterocycles. The van der Waals surface area contributed by atoms with Gasteiger partial charge in [0, 0.05) is 37.7 Å². The van der Waals surface area contributed by atoms with Crippen LogP contribution in [0.15, 0.2) is 0 Å². The predicted octanol–water partition coefficient (Wildman–Crippen LogP) is 0.838. The Balaban J connectivity index is 2.10. The largest absolute Gasteiger partial charge is 0.389 e. The first-order valence-electron chi connectivity index (χ1n) is 6.35. The normalized spacial score (nSPS) is 23.8. The van der Waals surface area contributed by atoms with Crippen LogP contribution in [0.2, 0.25) is 0 Å². The van der Waals surface area contributed by atoms with E-state index in [0.29, 0.717) is 19.8 Å². The van der Waals surface area contributed by atoms with Crippen molar-refractivity contribution in [2.75, 3.05) is 52.3 Å². The molecule has 1 aliphatic rings. The van der Waals surface area contributed by atoms with Gasteiger partial charge in [0.25, 0.3) is 0 Å². The molecular weight excluding hydrogens is 238 g/mol. The number of thioether (sulfide) groups is 1. The van der Waals surface area contributed by atoms with Crippen LogP contribution in [0.3, 0.4) is 0 Å². The molecule has 0 saturated carbocycles. The number of rotatable bonds is 8. The molecule has 1 heterocycles. The van der Waals surface area contributed by atoms with Crippen LogP contribution in [-0.2, 0) is 9.47 Å². The van der Waals surface area contributed by atoms with Gasteiger partial charge in [-0.2, -0.15) is 11.8 Å². The maximum absolute atomic E-state index is 9.85. The van der Waals surface area contributed by atoms with Gasteiger partial charge in [0.1, 0.15) is 0 Å². The Bertz CT molecular complexity index is 195. The Morgan fingerprint density at radius 2 is 2.29 bits per heavy atom. The Morgan fingerprint density at radius 3 is 3.00 bits per heavy atom. The third-order valence-electron chi connectivity index (χ3n) is 2.89. The van der Waals surface area contributed by atoms with Crippen molar-refractivity contribution in [3.8, 4) is 0 Å². The number of methoxy groups -OCH3 is 1. The van der Waals surface area contributed by atoms with Gasteiger partial charge >= 0.3 is 0 Å². The smallest absolute Gasteiger partial charge is 0.0900 e. The zero-order valence-corrected chi connectivity index (χ0v) is 11.7. The Morgan fingerprint density at radius 1 is 1.47 bits per heavy atom. The van der Waals surface area contributed by atoms with E-state index in [4.69, 9.17) is 9.47 Å². The average molecular weight is 263 g/mol. The number of ether oxygens (including phenoxy) is 2. The van der Waals surface area contributed by atoms with Gasteiger partial charge in [-0.1, -0.05) is 6.92 Å². The average Bonchev–Trinajstić information content (AvgIpc) is 2.35. The van der Waals surface area contributed by atoms with E-state index in [1.54, 1.807) is 7.11 Å². The summed E-state index contributed by atoms with van der Waals surface area (Å²) < 4.78 is 10.2. The molecule has 0 aromatic heterocycles. The second kappa shape index (κ2) is 9.16. The van der Waals surface area contributed by atoms with Crippen LogP contribution >= 0.6 is 11.8 Å². The van der Waals surface area contributed by atoms with Gasteiger partial charge in [-0.25, -0.2) is 0 Å². The van der Waals surface area contributed by atoms with Gasteiger partial charge in [0.15, 0.2) is 0 Å². The van der Waals surface area contributed by atoms with Gasteiger partial charge in [0.05, 0.1) is 25.9 Å². The molecule has 102 valence electrons. The summed E-state index contributed by atoms with van der Waals surface area (Å²) in [5.74, 6) is 1.18. The number of nitrogens with zero attached hydrogens (tertiary/aromatic N) is 1. The monoisotopic (exact) mass is 263 g/mol. The third-order valence-corrected chi connectivity index (χ3v) is 4.26. The van der Waals surface area contributed by atoms with Crippen LogP contribution < -0.4 is 0 Å². The molecule has 1 fully saturated rings. The van der Waals surface area contributed by atoms with Gasteiger partial charge in [-0.15, -0.1) is 0 Å². The molecule has 0 bridgehead atoms. The van der Waals surface area contributed by atoms with Crippen molar-refractivity contribution in [2.45, 2.75) is 24.7 Å². The highest BCUT2D eigenvalue weighted by Gasteiger charge is 2.20. The zero-order chi connectivity index (χ0) is 12.5. The van der Waals surface area contributed by atoms with Crippen molar-refractivity contribution >= 4 is 11.8 Å². The van der Waals surface area contributed by atoms with E-state index in [-0.39, 0.29) is 6.10 Å². The van der Waals surface area contributed by atoms with Crippen LogP contribution in [0.4, 0.5) is 0 Å². The van der Waals surface area contributed by atoms with Gasteiger partial charge in [-0.3, -0.25) is 4.90 Å². The van der Waals surface area contributed by atoms with Crippen LogP contribution in [0, 0.1) is 0 Å². The van der Waals surface area contributed by atoms with Crippen molar-refractivity contribution in [3.05, 3.63) is 0 Å². The minimum absolute atomic E-state index is 0.382. The van der Waals surface area contributed by atoms with Crippen molar-refractivity contribution in [1.82, 2.24) is 4.90 Å². The molecule has 0 radical (unpaired) electrons.